The lowest BCUT2D eigenvalue weighted by Gasteiger charge is -2.59. The summed E-state index contributed by atoms with van der Waals surface area (Å²) in [5.41, 5.74) is -2.01. The minimum Gasteiger partial charge on any atom is -0.388 e. The maximum absolute atomic E-state index is 13.5. The van der Waals surface area contributed by atoms with Crippen LogP contribution in [0.1, 0.15) is 52.4 Å². The summed E-state index contributed by atoms with van der Waals surface area (Å²) in [7, 11) is 1.60. The van der Waals surface area contributed by atoms with Gasteiger partial charge in [0.25, 0.3) is 0 Å². The third-order valence-corrected chi connectivity index (χ3v) is 8.78. The van der Waals surface area contributed by atoms with Crippen LogP contribution < -0.4 is 0 Å². The number of hydrogen-bond acceptors (Lipinski definition) is 6. The maximum atomic E-state index is 13.5. The monoisotopic (exact) mass is 390 g/mol. The lowest BCUT2D eigenvalue weighted by molar-refractivity contribution is -0.175. The number of hydrogen-bond donors (Lipinski definition) is 2. The Labute approximate surface area is 165 Å². The molecule has 4 rings (SSSR count). The highest BCUT2D eigenvalue weighted by Crippen LogP contribution is 2.66. The van der Waals surface area contributed by atoms with Crippen LogP contribution in [0.4, 0.5) is 0 Å². The highest BCUT2D eigenvalue weighted by atomic mass is 16.5. The first-order valence-electron chi connectivity index (χ1n) is 10.3. The molecule has 0 heterocycles. The number of Topliss-reactive ketones (excluding diaryl/α,β-unsaturated/α-hetero) is 2. The van der Waals surface area contributed by atoms with Gasteiger partial charge in [-0.25, -0.2) is 0 Å². The molecule has 2 N–H and O–H groups in total. The van der Waals surface area contributed by atoms with Crippen molar-refractivity contribution in [1.82, 2.24) is 0 Å². The Morgan fingerprint density at radius 3 is 2.64 bits per heavy atom. The third kappa shape index (κ3) is 2.28. The minimum atomic E-state index is -1.65. The van der Waals surface area contributed by atoms with Gasteiger partial charge in [-0.05, 0) is 43.6 Å². The zero-order valence-electron chi connectivity index (χ0n) is 16.9. The number of rotatable bonds is 3. The number of ether oxygens (including phenoxy) is 1. The number of aliphatic hydroxyl groups is 2. The van der Waals surface area contributed by atoms with Gasteiger partial charge in [0, 0.05) is 36.7 Å². The Morgan fingerprint density at radius 1 is 1.29 bits per heavy atom. The molecule has 0 bridgehead atoms. The lowest BCUT2D eigenvalue weighted by atomic mass is 9.45. The summed E-state index contributed by atoms with van der Waals surface area (Å²) in [6, 6.07) is 0. The van der Waals surface area contributed by atoms with Crippen molar-refractivity contribution in [2.45, 2.75) is 64.1 Å². The predicted molar refractivity (Wildman–Crippen MR) is 100 cm³/mol. The van der Waals surface area contributed by atoms with Gasteiger partial charge in [0.1, 0.15) is 18.0 Å². The van der Waals surface area contributed by atoms with Crippen molar-refractivity contribution in [3.63, 3.8) is 0 Å². The van der Waals surface area contributed by atoms with Crippen LogP contribution in [0, 0.1) is 28.6 Å². The van der Waals surface area contributed by atoms with Gasteiger partial charge in [-0.3, -0.25) is 14.4 Å². The average molecular weight is 390 g/mol. The second-order valence-corrected chi connectivity index (χ2v) is 9.67. The van der Waals surface area contributed by atoms with Gasteiger partial charge in [-0.1, -0.05) is 19.4 Å². The van der Waals surface area contributed by atoms with Crippen molar-refractivity contribution in [3.05, 3.63) is 11.6 Å². The first-order chi connectivity index (χ1) is 13.1. The van der Waals surface area contributed by atoms with E-state index in [-0.39, 0.29) is 54.7 Å². The van der Waals surface area contributed by atoms with Gasteiger partial charge < -0.3 is 14.9 Å². The molecule has 0 spiro atoms. The topological polar surface area (TPSA) is 101 Å². The molecule has 28 heavy (non-hydrogen) atoms. The fraction of sp³-hybridized carbons (Fsp3) is 0.773. The summed E-state index contributed by atoms with van der Waals surface area (Å²) >= 11 is 0. The summed E-state index contributed by atoms with van der Waals surface area (Å²) in [6.07, 6.45) is 4.24. The molecule has 4 aliphatic carbocycles. The molecule has 0 aromatic heterocycles. The van der Waals surface area contributed by atoms with E-state index in [1.165, 1.54) is 0 Å². The van der Waals surface area contributed by atoms with Crippen LogP contribution in [0.15, 0.2) is 11.6 Å². The van der Waals surface area contributed by atoms with E-state index in [1.807, 2.05) is 6.92 Å². The summed E-state index contributed by atoms with van der Waals surface area (Å²) in [5, 5.41) is 20.6. The molecule has 0 aromatic carbocycles. The van der Waals surface area contributed by atoms with Crippen LogP contribution in [0.25, 0.3) is 0 Å². The highest BCUT2D eigenvalue weighted by molar-refractivity contribution is 5.95. The fourth-order valence-electron chi connectivity index (χ4n) is 7.32. The van der Waals surface area contributed by atoms with E-state index in [0.717, 1.165) is 18.4 Å². The van der Waals surface area contributed by atoms with E-state index in [1.54, 1.807) is 13.2 Å². The van der Waals surface area contributed by atoms with Gasteiger partial charge in [-0.2, -0.15) is 0 Å². The second kappa shape index (κ2) is 6.31. The van der Waals surface area contributed by atoms with Crippen LogP contribution in [0.2, 0.25) is 0 Å². The molecule has 4 aliphatic rings. The SMILES string of the molecule is COC1CC(=O)C=C2CC[C@H]3[C@@H](C(=O)C[C@]4(C)[C@@H]3CC[C@@]4(O)C(=O)CO)[C@@]21C. The molecule has 0 radical (unpaired) electrons. The smallest absolute Gasteiger partial charge is 0.190 e. The Bertz CT molecular complexity index is 771. The summed E-state index contributed by atoms with van der Waals surface area (Å²) in [6.45, 7) is 3.19. The summed E-state index contributed by atoms with van der Waals surface area (Å²) in [5.74, 6) is -0.683. The van der Waals surface area contributed by atoms with E-state index in [0.29, 0.717) is 6.42 Å². The summed E-state index contributed by atoms with van der Waals surface area (Å²) < 4.78 is 5.71. The number of aliphatic hydroxyl groups excluding tert-OH is 1. The van der Waals surface area contributed by atoms with E-state index in [9.17, 15) is 24.6 Å². The first-order valence-corrected chi connectivity index (χ1v) is 10.3. The standard InChI is InChI=1S/C22H30O6/c1-20-10-16(25)19-14(15(20)6-7-22(20,27)17(26)11-23)5-4-12-8-13(24)9-18(28-3)21(12,19)2/h8,14-15,18-19,23,27H,4-7,9-11H2,1-3H3/t14-,15-,18?,19+,20-,21+,22-/m1/s1. The molecular weight excluding hydrogens is 360 g/mol. The number of carbonyl (C=O) groups excluding carboxylic acids is 3. The minimum absolute atomic E-state index is 0.0317. The van der Waals surface area contributed by atoms with E-state index in [4.69, 9.17) is 4.74 Å². The van der Waals surface area contributed by atoms with Crippen molar-refractivity contribution < 1.29 is 29.3 Å². The quantitative estimate of drug-likeness (QED) is 0.759. The van der Waals surface area contributed by atoms with Gasteiger partial charge >= 0.3 is 0 Å². The van der Waals surface area contributed by atoms with Crippen molar-refractivity contribution in [3.8, 4) is 0 Å². The van der Waals surface area contributed by atoms with E-state index in [2.05, 4.69) is 6.92 Å². The first kappa shape index (κ1) is 19.9. The average Bonchev–Trinajstić information content (AvgIpc) is 2.92. The van der Waals surface area contributed by atoms with Crippen LogP contribution in [-0.4, -0.2) is 53.0 Å². The van der Waals surface area contributed by atoms with E-state index >= 15 is 0 Å². The molecule has 0 amide bonds. The number of carbonyl (C=O) groups is 3. The Balaban J connectivity index is 1.78. The van der Waals surface area contributed by atoms with Gasteiger partial charge in [-0.15, -0.1) is 0 Å². The molecule has 1 unspecified atom stereocenters. The molecular formula is C22H30O6. The van der Waals surface area contributed by atoms with Gasteiger partial charge in [0.2, 0.25) is 0 Å². The van der Waals surface area contributed by atoms with E-state index < -0.39 is 28.8 Å². The van der Waals surface area contributed by atoms with Crippen LogP contribution in [-0.2, 0) is 19.1 Å². The molecule has 3 fully saturated rings. The van der Waals surface area contributed by atoms with Crippen LogP contribution >= 0.6 is 0 Å². The number of fused-ring (bicyclic) bond motifs is 5. The molecule has 6 nitrogen and oxygen atoms in total. The fourth-order valence-corrected chi connectivity index (χ4v) is 7.32. The predicted octanol–water partition coefficient (Wildman–Crippen LogP) is 1.61. The van der Waals surface area contributed by atoms with Crippen LogP contribution in [0.3, 0.4) is 0 Å². The lowest BCUT2D eigenvalue weighted by Crippen LogP contribution is -2.62. The molecule has 154 valence electrons. The number of ketones is 3. The molecule has 6 heteroatoms. The van der Waals surface area contributed by atoms with Gasteiger partial charge in [0.15, 0.2) is 11.6 Å². The third-order valence-electron chi connectivity index (χ3n) is 8.78. The Kier molecular flexibility index (Phi) is 4.49. The normalized spacial score (nSPS) is 47.8. The zero-order valence-corrected chi connectivity index (χ0v) is 16.9. The molecule has 0 saturated heterocycles. The summed E-state index contributed by atoms with van der Waals surface area (Å²) in [4.78, 5) is 38.1. The second-order valence-electron chi connectivity index (χ2n) is 9.67. The molecule has 0 aliphatic heterocycles. The largest absolute Gasteiger partial charge is 0.388 e. The van der Waals surface area contributed by atoms with Crippen molar-refractivity contribution >= 4 is 17.3 Å². The highest BCUT2D eigenvalue weighted by Gasteiger charge is 2.69. The van der Waals surface area contributed by atoms with Crippen molar-refractivity contribution in [2.24, 2.45) is 28.6 Å². The Morgan fingerprint density at radius 2 is 2.00 bits per heavy atom. The Hall–Kier alpha value is -1.37. The van der Waals surface area contributed by atoms with Crippen LogP contribution in [0.5, 0.6) is 0 Å². The van der Waals surface area contributed by atoms with Gasteiger partial charge in [0.05, 0.1) is 6.10 Å². The maximum Gasteiger partial charge on any atom is 0.190 e. The molecule has 7 atom stereocenters. The molecule has 3 saturated carbocycles. The number of methoxy groups -OCH3 is 1. The van der Waals surface area contributed by atoms with Crippen molar-refractivity contribution in [2.75, 3.05) is 13.7 Å². The van der Waals surface area contributed by atoms with Crippen molar-refractivity contribution in [1.29, 1.82) is 0 Å². The zero-order chi connectivity index (χ0) is 20.5. The molecule has 0 aromatic rings.